The highest BCUT2D eigenvalue weighted by molar-refractivity contribution is 7.19. The van der Waals surface area contributed by atoms with Crippen molar-refractivity contribution in [2.24, 2.45) is 0 Å². The predicted octanol–water partition coefficient (Wildman–Crippen LogP) is 3.08. The van der Waals surface area contributed by atoms with E-state index < -0.39 is 0 Å². The zero-order chi connectivity index (χ0) is 14.2. The van der Waals surface area contributed by atoms with Crippen molar-refractivity contribution in [2.45, 2.75) is 45.1 Å². The molecule has 0 aromatic carbocycles. The number of fused-ring (bicyclic) bond motifs is 3. The van der Waals surface area contributed by atoms with E-state index in [2.05, 4.69) is 27.1 Å². The Labute approximate surface area is 129 Å². The van der Waals surface area contributed by atoms with Crippen LogP contribution < -0.4 is 5.32 Å². The van der Waals surface area contributed by atoms with E-state index in [1.807, 2.05) is 11.3 Å². The number of anilines is 1. The maximum absolute atomic E-state index is 4.53. The molecule has 0 amide bonds. The minimum atomic E-state index is 0.659. The van der Waals surface area contributed by atoms with Gasteiger partial charge in [-0.1, -0.05) is 6.92 Å². The number of hydrogen-bond donors (Lipinski definition) is 1. The molecular weight excluding hydrogens is 280 g/mol. The van der Waals surface area contributed by atoms with Gasteiger partial charge in [0.15, 0.2) is 0 Å². The fraction of sp³-hybridized carbons (Fsp3) is 0.625. The number of likely N-dealkylation sites (tertiary alicyclic amines) is 1. The number of aromatic nitrogens is 2. The van der Waals surface area contributed by atoms with Crippen molar-refractivity contribution in [1.82, 2.24) is 14.9 Å². The van der Waals surface area contributed by atoms with E-state index in [0.717, 1.165) is 23.7 Å². The van der Waals surface area contributed by atoms with Crippen LogP contribution in [0, 0.1) is 0 Å². The van der Waals surface area contributed by atoms with E-state index in [9.17, 15) is 0 Å². The first-order valence-corrected chi connectivity index (χ1v) is 8.91. The Morgan fingerprint density at radius 2 is 2.29 bits per heavy atom. The van der Waals surface area contributed by atoms with Crippen molar-refractivity contribution in [2.75, 3.05) is 25.0 Å². The SMILES string of the molecule is CCN1CCC[C@H]1CNc1ncnc2sc3c(c12)CCC3. The molecule has 21 heavy (non-hydrogen) atoms. The van der Waals surface area contributed by atoms with Crippen molar-refractivity contribution in [3.63, 3.8) is 0 Å². The summed E-state index contributed by atoms with van der Waals surface area (Å²) in [5, 5.41) is 4.93. The van der Waals surface area contributed by atoms with Crippen LogP contribution in [0.15, 0.2) is 6.33 Å². The van der Waals surface area contributed by atoms with Crippen molar-refractivity contribution in [3.8, 4) is 0 Å². The third-order valence-electron chi connectivity index (χ3n) is 4.91. The summed E-state index contributed by atoms with van der Waals surface area (Å²) in [6, 6.07) is 0.659. The second-order valence-corrected chi connectivity index (χ2v) is 7.15. The van der Waals surface area contributed by atoms with Gasteiger partial charge in [0.2, 0.25) is 0 Å². The number of likely N-dealkylation sites (N-methyl/N-ethyl adjacent to an activating group) is 1. The van der Waals surface area contributed by atoms with Gasteiger partial charge in [0.05, 0.1) is 5.39 Å². The Bertz CT molecular complexity index is 651. The molecule has 3 heterocycles. The summed E-state index contributed by atoms with van der Waals surface area (Å²) in [5.74, 6) is 1.06. The largest absolute Gasteiger partial charge is 0.368 e. The van der Waals surface area contributed by atoms with Crippen molar-refractivity contribution >= 4 is 27.4 Å². The fourth-order valence-electron chi connectivity index (χ4n) is 3.82. The first-order chi connectivity index (χ1) is 10.4. The lowest BCUT2D eigenvalue weighted by atomic mass is 10.2. The summed E-state index contributed by atoms with van der Waals surface area (Å²) < 4.78 is 0. The van der Waals surface area contributed by atoms with Crippen LogP contribution in [0.5, 0.6) is 0 Å². The zero-order valence-electron chi connectivity index (χ0n) is 12.6. The molecule has 5 heteroatoms. The van der Waals surface area contributed by atoms with Crippen LogP contribution in [0.2, 0.25) is 0 Å². The van der Waals surface area contributed by atoms with E-state index in [0.29, 0.717) is 6.04 Å². The van der Waals surface area contributed by atoms with Gasteiger partial charge in [-0.15, -0.1) is 11.3 Å². The number of nitrogens with zero attached hydrogens (tertiary/aromatic N) is 3. The minimum absolute atomic E-state index is 0.659. The molecule has 0 spiro atoms. The summed E-state index contributed by atoms with van der Waals surface area (Å²) in [7, 11) is 0. The third kappa shape index (κ3) is 2.32. The van der Waals surface area contributed by atoms with Gasteiger partial charge in [0.1, 0.15) is 17.0 Å². The Kier molecular flexibility index (Phi) is 3.55. The van der Waals surface area contributed by atoms with Gasteiger partial charge in [0.25, 0.3) is 0 Å². The molecule has 2 aliphatic rings. The van der Waals surface area contributed by atoms with Gasteiger partial charge in [-0.2, -0.15) is 0 Å². The Balaban J connectivity index is 1.59. The van der Waals surface area contributed by atoms with Crippen LogP contribution in [0.4, 0.5) is 5.82 Å². The van der Waals surface area contributed by atoms with Crippen LogP contribution >= 0.6 is 11.3 Å². The summed E-state index contributed by atoms with van der Waals surface area (Å²) in [4.78, 5) is 14.3. The summed E-state index contributed by atoms with van der Waals surface area (Å²) in [5.41, 5.74) is 1.51. The molecule has 2 aromatic rings. The van der Waals surface area contributed by atoms with E-state index in [4.69, 9.17) is 0 Å². The summed E-state index contributed by atoms with van der Waals surface area (Å²) in [6.45, 7) is 5.66. The van der Waals surface area contributed by atoms with E-state index in [-0.39, 0.29) is 0 Å². The lowest BCUT2D eigenvalue weighted by molar-refractivity contribution is 0.277. The molecule has 1 aliphatic carbocycles. The number of hydrogen-bond acceptors (Lipinski definition) is 5. The minimum Gasteiger partial charge on any atom is -0.368 e. The molecule has 2 aromatic heterocycles. The molecule has 0 unspecified atom stereocenters. The second-order valence-electron chi connectivity index (χ2n) is 6.07. The summed E-state index contributed by atoms with van der Waals surface area (Å²) in [6.07, 6.45) is 8.05. The molecule has 0 saturated carbocycles. The number of nitrogens with one attached hydrogen (secondary N) is 1. The average molecular weight is 302 g/mol. The number of rotatable bonds is 4. The molecule has 1 atom stereocenters. The highest BCUT2D eigenvalue weighted by Crippen LogP contribution is 2.39. The van der Waals surface area contributed by atoms with E-state index in [1.54, 1.807) is 6.33 Å². The molecule has 112 valence electrons. The molecule has 1 fully saturated rings. The normalized spacial score (nSPS) is 22.0. The maximum atomic E-state index is 4.53. The van der Waals surface area contributed by atoms with Crippen LogP contribution in [-0.2, 0) is 12.8 Å². The molecule has 1 N–H and O–H groups in total. The first kappa shape index (κ1) is 13.5. The summed E-state index contributed by atoms with van der Waals surface area (Å²) >= 11 is 1.86. The first-order valence-electron chi connectivity index (χ1n) is 8.10. The van der Waals surface area contributed by atoms with E-state index in [1.165, 1.54) is 54.5 Å². The molecule has 1 saturated heterocycles. The predicted molar refractivity (Wildman–Crippen MR) is 88.2 cm³/mol. The molecular formula is C16H22N4S. The standard InChI is InChI=1S/C16H22N4S/c1-2-20-8-4-5-11(20)9-17-15-14-12-6-3-7-13(12)21-16(14)19-10-18-15/h10-11H,2-9H2,1H3,(H,17,18,19)/t11-/m0/s1. The van der Waals surface area contributed by atoms with Gasteiger partial charge in [0, 0.05) is 17.5 Å². The molecule has 1 aliphatic heterocycles. The van der Waals surface area contributed by atoms with Crippen molar-refractivity contribution in [3.05, 3.63) is 16.8 Å². The van der Waals surface area contributed by atoms with Crippen LogP contribution in [0.25, 0.3) is 10.2 Å². The quantitative estimate of drug-likeness (QED) is 0.942. The number of thiophene rings is 1. The average Bonchev–Trinajstić information content (AvgIpc) is 3.19. The van der Waals surface area contributed by atoms with Crippen LogP contribution in [-0.4, -0.2) is 40.5 Å². The van der Waals surface area contributed by atoms with Crippen molar-refractivity contribution in [1.29, 1.82) is 0 Å². The third-order valence-corrected chi connectivity index (χ3v) is 6.11. The second kappa shape index (κ2) is 5.54. The fourth-order valence-corrected chi connectivity index (χ4v) is 5.05. The zero-order valence-corrected chi connectivity index (χ0v) is 13.4. The molecule has 0 radical (unpaired) electrons. The van der Waals surface area contributed by atoms with Crippen molar-refractivity contribution < 1.29 is 0 Å². The lowest BCUT2D eigenvalue weighted by Gasteiger charge is -2.23. The topological polar surface area (TPSA) is 41.0 Å². The maximum Gasteiger partial charge on any atom is 0.138 e. The Hall–Kier alpha value is -1.20. The van der Waals surface area contributed by atoms with Crippen LogP contribution in [0.3, 0.4) is 0 Å². The highest BCUT2D eigenvalue weighted by atomic mass is 32.1. The smallest absolute Gasteiger partial charge is 0.138 e. The lowest BCUT2D eigenvalue weighted by Crippen LogP contribution is -2.34. The molecule has 4 nitrogen and oxygen atoms in total. The van der Waals surface area contributed by atoms with Gasteiger partial charge in [-0.25, -0.2) is 9.97 Å². The Morgan fingerprint density at radius 3 is 3.19 bits per heavy atom. The van der Waals surface area contributed by atoms with Crippen LogP contribution in [0.1, 0.15) is 36.6 Å². The highest BCUT2D eigenvalue weighted by Gasteiger charge is 2.24. The number of aryl methyl sites for hydroxylation is 2. The monoisotopic (exact) mass is 302 g/mol. The van der Waals surface area contributed by atoms with Gasteiger partial charge in [-0.3, -0.25) is 4.90 Å². The van der Waals surface area contributed by atoms with E-state index >= 15 is 0 Å². The van der Waals surface area contributed by atoms with Gasteiger partial charge < -0.3 is 5.32 Å². The van der Waals surface area contributed by atoms with Gasteiger partial charge in [-0.05, 0) is 50.8 Å². The molecule has 0 bridgehead atoms. The molecule has 4 rings (SSSR count). The van der Waals surface area contributed by atoms with Gasteiger partial charge >= 0.3 is 0 Å². The Morgan fingerprint density at radius 1 is 1.33 bits per heavy atom.